The van der Waals surface area contributed by atoms with Crippen molar-refractivity contribution in [3.05, 3.63) is 69.9 Å². The van der Waals surface area contributed by atoms with Gasteiger partial charge in [0.2, 0.25) is 11.8 Å². The van der Waals surface area contributed by atoms with Crippen LogP contribution < -0.4 is 0 Å². The zero-order chi connectivity index (χ0) is 18.4. The average molecular weight is 378 g/mol. The summed E-state index contributed by atoms with van der Waals surface area (Å²) in [5.41, 5.74) is 2.53. The number of imide groups is 1. The highest BCUT2D eigenvalue weighted by atomic mass is 32.1. The Labute approximate surface area is 163 Å². The summed E-state index contributed by atoms with van der Waals surface area (Å²) < 4.78 is 0. The van der Waals surface area contributed by atoms with Crippen LogP contribution in [-0.2, 0) is 16.0 Å². The molecule has 3 atom stereocenters. The molecule has 2 amide bonds. The molecular weight excluding hydrogens is 356 g/mol. The minimum absolute atomic E-state index is 0.0114. The van der Waals surface area contributed by atoms with Crippen LogP contribution in [0.15, 0.2) is 53.9 Å². The Morgan fingerprint density at radius 1 is 0.963 bits per heavy atom. The number of amides is 2. The largest absolute Gasteiger partial charge is 0.274 e. The van der Waals surface area contributed by atoms with Gasteiger partial charge >= 0.3 is 0 Å². The molecule has 5 heteroatoms. The van der Waals surface area contributed by atoms with Crippen molar-refractivity contribution in [2.45, 2.75) is 25.3 Å². The molecule has 2 aromatic rings. The average Bonchev–Trinajstić information content (AvgIpc) is 3.28. The first kappa shape index (κ1) is 16.9. The third-order valence-electron chi connectivity index (χ3n) is 6.10. The molecule has 1 saturated heterocycles. The van der Waals surface area contributed by atoms with Crippen molar-refractivity contribution in [3.8, 4) is 0 Å². The number of carbonyl (C=O) groups is 2. The SMILES string of the molecule is O=C1[C@@H]2CC=CC[C@H]2C(=O)N1CN1CCc2sccc2[C@H]1c1ccccc1. The Balaban J connectivity index is 1.46. The lowest BCUT2D eigenvalue weighted by Crippen LogP contribution is -2.46. The fourth-order valence-corrected chi connectivity index (χ4v) is 5.64. The lowest BCUT2D eigenvalue weighted by Gasteiger charge is -2.38. The van der Waals surface area contributed by atoms with Crippen LogP contribution in [0, 0.1) is 11.8 Å². The minimum atomic E-state index is -0.154. The molecule has 0 bridgehead atoms. The number of benzene rings is 1. The predicted octanol–water partition coefficient (Wildman–Crippen LogP) is 3.60. The van der Waals surface area contributed by atoms with Gasteiger partial charge in [-0.3, -0.25) is 19.4 Å². The molecule has 0 spiro atoms. The minimum Gasteiger partial charge on any atom is -0.274 e. The van der Waals surface area contributed by atoms with E-state index in [-0.39, 0.29) is 29.7 Å². The van der Waals surface area contributed by atoms with Gasteiger partial charge in [-0.05, 0) is 41.8 Å². The molecule has 1 aromatic carbocycles. The Morgan fingerprint density at radius 3 is 2.37 bits per heavy atom. The van der Waals surface area contributed by atoms with Crippen molar-refractivity contribution >= 4 is 23.2 Å². The number of thiophene rings is 1. The molecule has 0 radical (unpaired) electrons. The van der Waals surface area contributed by atoms with E-state index in [2.05, 4.69) is 40.6 Å². The highest BCUT2D eigenvalue weighted by molar-refractivity contribution is 7.10. The van der Waals surface area contributed by atoms with Gasteiger partial charge in [-0.2, -0.15) is 0 Å². The summed E-state index contributed by atoms with van der Waals surface area (Å²) >= 11 is 1.80. The van der Waals surface area contributed by atoms with Crippen LogP contribution in [0.3, 0.4) is 0 Å². The second-order valence-corrected chi connectivity index (χ2v) is 8.58. The molecular formula is C22H22N2O2S. The normalized spacial score (nSPS) is 27.7. The van der Waals surface area contributed by atoms with E-state index in [1.165, 1.54) is 20.9 Å². The van der Waals surface area contributed by atoms with E-state index >= 15 is 0 Å². The number of likely N-dealkylation sites (tertiary alicyclic amines) is 1. The lowest BCUT2D eigenvalue weighted by molar-refractivity contribution is -0.142. The summed E-state index contributed by atoms with van der Waals surface area (Å²) in [7, 11) is 0. The Hall–Kier alpha value is -2.24. The second kappa shape index (κ2) is 6.73. The second-order valence-electron chi connectivity index (χ2n) is 7.58. The number of hydrogen-bond donors (Lipinski definition) is 0. The summed E-state index contributed by atoms with van der Waals surface area (Å²) in [5, 5.41) is 2.15. The molecule has 0 N–H and O–H groups in total. The van der Waals surface area contributed by atoms with E-state index in [0.717, 1.165) is 13.0 Å². The van der Waals surface area contributed by atoms with Gasteiger partial charge in [0.25, 0.3) is 0 Å². The van der Waals surface area contributed by atoms with Crippen molar-refractivity contribution in [1.29, 1.82) is 0 Å². The molecule has 0 unspecified atom stereocenters. The molecule has 1 fully saturated rings. The van der Waals surface area contributed by atoms with Crippen molar-refractivity contribution in [3.63, 3.8) is 0 Å². The maximum atomic E-state index is 12.9. The first-order valence-electron chi connectivity index (χ1n) is 9.59. The standard InChI is InChI=1S/C22H22N2O2S/c25-21-16-8-4-5-9-17(16)22(26)24(21)14-23-12-10-19-18(11-13-27-19)20(23)15-6-2-1-3-7-15/h1-7,11,13,16-17,20H,8-10,12,14H2/t16-,17-,20-/m1/s1. The maximum Gasteiger partial charge on any atom is 0.234 e. The predicted molar refractivity (Wildman–Crippen MR) is 105 cm³/mol. The van der Waals surface area contributed by atoms with E-state index in [0.29, 0.717) is 19.5 Å². The van der Waals surface area contributed by atoms with E-state index in [1.807, 2.05) is 18.2 Å². The summed E-state index contributed by atoms with van der Waals surface area (Å²) in [5.74, 6) is -0.284. The number of nitrogens with zero attached hydrogens (tertiary/aromatic N) is 2. The lowest BCUT2D eigenvalue weighted by atomic mass is 9.85. The molecule has 138 valence electrons. The van der Waals surface area contributed by atoms with Crippen molar-refractivity contribution in [2.24, 2.45) is 11.8 Å². The summed E-state index contributed by atoms with van der Waals surface area (Å²) in [6, 6.07) is 12.7. The van der Waals surface area contributed by atoms with Crippen LogP contribution in [0.1, 0.15) is 34.9 Å². The molecule has 4 nitrogen and oxygen atoms in total. The molecule has 1 aromatic heterocycles. The first-order valence-corrected chi connectivity index (χ1v) is 10.5. The third kappa shape index (κ3) is 2.77. The van der Waals surface area contributed by atoms with Crippen molar-refractivity contribution in [2.75, 3.05) is 13.2 Å². The number of fused-ring (bicyclic) bond motifs is 2. The van der Waals surface area contributed by atoms with Gasteiger partial charge in [-0.15, -0.1) is 11.3 Å². The van der Waals surface area contributed by atoms with Crippen LogP contribution in [0.5, 0.6) is 0 Å². The molecule has 2 aliphatic heterocycles. The van der Waals surface area contributed by atoms with Gasteiger partial charge in [-0.1, -0.05) is 42.5 Å². The zero-order valence-corrected chi connectivity index (χ0v) is 15.9. The van der Waals surface area contributed by atoms with Crippen LogP contribution in [0.25, 0.3) is 0 Å². The molecule has 3 aliphatic rings. The fraction of sp³-hybridized carbons (Fsp3) is 0.364. The Kier molecular flexibility index (Phi) is 4.21. The Bertz CT molecular complexity index is 878. The number of hydrogen-bond acceptors (Lipinski definition) is 4. The van der Waals surface area contributed by atoms with E-state index in [4.69, 9.17) is 0 Å². The fourth-order valence-electron chi connectivity index (χ4n) is 4.74. The van der Waals surface area contributed by atoms with Crippen LogP contribution in [0.4, 0.5) is 0 Å². The maximum absolute atomic E-state index is 12.9. The first-order chi connectivity index (χ1) is 13.2. The van der Waals surface area contributed by atoms with Crippen LogP contribution in [0.2, 0.25) is 0 Å². The van der Waals surface area contributed by atoms with Crippen molar-refractivity contribution in [1.82, 2.24) is 9.80 Å². The number of carbonyl (C=O) groups excluding carboxylic acids is 2. The quantitative estimate of drug-likeness (QED) is 0.605. The van der Waals surface area contributed by atoms with Crippen LogP contribution >= 0.6 is 11.3 Å². The van der Waals surface area contributed by atoms with Gasteiger partial charge in [0, 0.05) is 11.4 Å². The zero-order valence-electron chi connectivity index (χ0n) is 15.1. The van der Waals surface area contributed by atoms with Gasteiger partial charge in [0.15, 0.2) is 0 Å². The topological polar surface area (TPSA) is 40.6 Å². The van der Waals surface area contributed by atoms with E-state index in [1.54, 1.807) is 11.3 Å². The molecule has 0 saturated carbocycles. The highest BCUT2D eigenvalue weighted by Gasteiger charge is 2.48. The van der Waals surface area contributed by atoms with Gasteiger partial charge in [0.05, 0.1) is 24.5 Å². The molecule has 1 aliphatic carbocycles. The van der Waals surface area contributed by atoms with Gasteiger partial charge in [0.1, 0.15) is 0 Å². The smallest absolute Gasteiger partial charge is 0.234 e. The van der Waals surface area contributed by atoms with Gasteiger partial charge in [-0.25, -0.2) is 0 Å². The monoisotopic (exact) mass is 378 g/mol. The number of allylic oxidation sites excluding steroid dienone is 2. The third-order valence-corrected chi connectivity index (χ3v) is 7.10. The summed E-state index contributed by atoms with van der Waals surface area (Å²) in [4.78, 5) is 31.1. The molecule has 27 heavy (non-hydrogen) atoms. The molecule has 3 heterocycles. The summed E-state index contributed by atoms with van der Waals surface area (Å²) in [6.07, 6.45) is 6.45. The van der Waals surface area contributed by atoms with E-state index in [9.17, 15) is 9.59 Å². The number of rotatable bonds is 3. The summed E-state index contributed by atoms with van der Waals surface area (Å²) in [6.45, 7) is 1.25. The van der Waals surface area contributed by atoms with Gasteiger partial charge < -0.3 is 0 Å². The van der Waals surface area contributed by atoms with E-state index < -0.39 is 0 Å². The Morgan fingerprint density at radius 2 is 1.67 bits per heavy atom. The van der Waals surface area contributed by atoms with Crippen LogP contribution in [-0.4, -0.2) is 34.8 Å². The molecule has 5 rings (SSSR count). The highest BCUT2D eigenvalue weighted by Crippen LogP contribution is 2.40. The van der Waals surface area contributed by atoms with Crippen molar-refractivity contribution < 1.29 is 9.59 Å².